The summed E-state index contributed by atoms with van der Waals surface area (Å²) in [4.78, 5) is 6.90. The first kappa shape index (κ1) is 18.2. The number of nitrogens with one attached hydrogen (secondary N) is 1. The molecular weight excluding hydrogens is 364 g/mol. The number of hydrogen-bond donors (Lipinski definition) is 2. The largest absolute Gasteiger partial charge is 0.460 e. The van der Waals surface area contributed by atoms with Crippen LogP contribution in [-0.4, -0.2) is 47.0 Å². The van der Waals surface area contributed by atoms with Gasteiger partial charge in [0.15, 0.2) is 0 Å². The summed E-state index contributed by atoms with van der Waals surface area (Å²) in [5.74, 6) is 0.730. The van der Waals surface area contributed by atoms with Gasteiger partial charge in [-0.25, -0.2) is 0 Å². The van der Waals surface area contributed by atoms with Gasteiger partial charge >= 0.3 is 0 Å². The Kier molecular flexibility index (Phi) is 4.53. The van der Waals surface area contributed by atoms with Crippen LogP contribution < -0.4 is 15.0 Å². The molecule has 0 bridgehead atoms. The van der Waals surface area contributed by atoms with Gasteiger partial charge in [0.05, 0.1) is 16.9 Å². The molecule has 1 fully saturated rings. The highest BCUT2D eigenvalue weighted by atomic mass is 16.6. The van der Waals surface area contributed by atoms with E-state index in [0.29, 0.717) is 0 Å². The van der Waals surface area contributed by atoms with Crippen LogP contribution in [0.25, 0.3) is 17.2 Å². The van der Waals surface area contributed by atoms with E-state index in [2.05, 4.69) is 37.8 Å². The number of hydrogen-bond acceptors (Lipinski definition) is 5. The second kappa shape index (κ2) is 7.21. The molecule has 1 unspecified atom stereocenters. The summed E-state index contributed by atoms with van der Waals surface area (Å²) in [5.41, 5.74) is 6.82. The van der Waals surface area contributed by atoms with Crippen molar-refractivity contribution in [2.24, 2.45) is 0 Å². The molecule has 2 aromatic heterocycles. The molecule has 4 heterocycles. The predicted molar refractivity (Wildman–Crippen MR) is 115 cm³/mol. The van der Waals surface area contributed by atoms with Crippen molar-refractivity contribution in [2.45, 2.75) is 26.6 Å². The van der Waals surface area contributed by atoms with Gasteiger partial charge in [-0.15, -0.1) is 0 Å². The zero-order valence-electron chi connectivity index (χ0n) is 16.9. The second-order valence-corrected chi connectivity index (χ2v) is 7.87. The number of aromatic nitrogens is 2. The van der Waals surface area contributed by atoms with Crippen LogP contribution in [0.4, 0.5) is 5.69 Å². The van der Waals surface area contributed by atoms with Crippen LogP contribution >= 0.6 is 0 Å². The molecule has 0 aliphatic carbocycles. The van der Waals surface area contributed by atoms with Crippen LogP contribution in [0, 0.1) is 13.8 Å². The highest BCUT2D eigenvalue weighted by Gasteiger charge is 2.24. The van der Waals surface area contributed by atoms with Crippen LogP contribution in [0.3, 0.4) is 0 Å². The third kappa shape index (κ3) is 3.39. The number of fused-ring (bicyclic) bond motifs is 2. The quantitative estimate of drug-likeness (QED) is 0.704. The van der Waals surface area contributed by atoms with E-state index in [9.17, 15) is 5.11 Å². The SMILES string of the molecule is Cc1cn2cc(C3=Cc4ccc(N5CCCNCC5)cc4OC3O)cc2c(C)n1. The van der Waals surface area contributed by atoms with Crippen LogP contribution in [-0.2, 0) is 0 Å². The summed E-state index contributed by atoms with van der Waals surface area (Å²) in [6, 6.07) is 8.34. The van der Waals surface area contributed by atoms with E-state index in [1.165, 1.54) is 0 Å². The molecule has 6 nitrogen and oxygen atoms in total. The van der Waals surface area contributed by atoms with Crippen LogP contribution in [0.15, 0.2) is 36.7 Å². The van der Waals surface area contributed by atoms with E-state index in [0.717, 1.165) is 77.6 Å². The molecule has 0 amide bonds. The highest BCUT2D eigenvalue weighted by molar-refractivity contribution is 5.88. The van der Waals surface area contributed by atoms with Crippen LogP contribution in [0.5, 0.6) is 5.75 Å². The molecule has 6 heteroatoms. The smallest absolute Gasteiger partial charge is 0.224 e. The second-order valence-electron chi connectivity index (χ2n) is 7.87. The lowest BCUT2D eigenvalue weighted by molar-refractivity contribution is 0.0320. The number of rotatable bonds is 2. The van der Waals surface area contributed by atoms with Crippen molar-refractivity contribution in [2.75, 3.05) is 31.1 Å². The maximum atomic E-state index is 10.7. The third-order valence-corrected chi connectivity index (χ3v) is 5.74. The van der Waals surface area contributed by atoms with E-state index in [1.807, 2.05) is 38.4 Å². The molecule has 29 heavy (non-hydrogen) atoms. The zero-order chi connectivity index (χ0) is 20.0. The van der Waals surface area contributed by atoms with Crippen molar-refractivity contribution >= 4 is 22.9 Å². The predicted octanol–water partition coefficient (Wildman–Crippen LogP) is 3.00. The van der Waals surface area contributed by atoms with Crippen molar-refractivity contribution in [3.63, 3.8) is 0 Å². The topological polar surface area (TPSA) is 62.0 Å². The number of aryl methyl sites for hydroxylation is 2. The van der Waals surface area contributed by atoms with Gasteiger partial charge in [0.2, 0.25) is 6.29 Å². The number of nitrogens with zero attached hydrogens (tertiary/aromatic N) is 3. The molecule has 150 valence electrons. The van der Waals surface area contributed by atoms with Crippen molar-refractivity contribution in [3.8, 4) is 5.75 Å². The number of ether oxygens (including phenoxy) is 1. The monoisotopic (exact) mass is 390 g/mol. The summed E-state index contributed by atoms with van der Waals surface area (Å²) >= 11 is 0. The van der Waals surface area contributed by atoms with Crippen molar-refractivity contribution < 1.29 is 9.84 Å². The number of aliphatic hydroxyl groups is 1. The van der Waals surface area contributed by atoms with E-state index >= 15 is 0 Å². The normalized spacial score (nSPS) is 19.5. The fourth-order valence-electron chi connectivity index (χ4n) is 4.28. The summed E-state index contributed by atoms with van der Waals surface area (Å²) in [6.45, 7) is 8.04. The molecule has 0 radical (unpaired) electrons. The first-order valence-electron chi connectivity index (χ1n) is 10.2. The third-order valence-electron chi connectivity index (χ3n) is 5.74. The van der Waals surface area contributed by atoms with E-state index in [-0.39, 0.29) is 0 Å². The lowest BCUT2D eigenvalue weighted by Crippen LogP contribution is -2.28. The highest BCUT2D eigenvalue weighted by Crippen LogP contribution is 2.37. The van der Waals surface area contributed by atoms with Crippen molar-refractivity contribution in [1.29, 1.82) is 0 Å². The number of anilines is 1. The molecule has 2 aliphatic rings. The minimum Gasteiger partial charge on any atom is -0.460 e. The first-order chi connectivity index (χ1) is 14.1. The Morgan fingerprint density at radius 1 is 1.14 bits per heavy atom. The molecule has 1 atom stereocenters. The molecule has 1 aromatic carbocycles. The Morgan fingerprint density at radius 3 is 2.93 bits per heavy atom. The number of benzene rings is 1. The Hall–Kier alpha value is -2.83. The maximum absolute atomic E-state index is 10.7. The first-order valence-corrected chi connectivity index (χ1v) is 10.2. The minimum atomic E-state index is -0.990. The number of aliphatic hydroxyl groups excluding tert-OH is 1. The molecule has 1 saturated heterocycles. The summed E-state index contributed by atoms with van der Waals surface area (Å²) < 4.78 is 7.99. The fourth-order valence-corrected chi connectivity index (χ4v) is 4.28. The molecule has 2 N–H and O–H groups in total. The molecular formula is C23H26N4O2. The zero-order valence-corrected chi connectivity index (χ0v) is 16.9. The molecule has 3 aromatic rings. The van der Waals surface area contributed by atoms with Crippen molar-refractivity contribution in [3.05, 3.63) is 59.2 Å². The standard InChI is InChI=1S/C23H26N4O2/c1-15-13-27-14-18(11-21(27)16(2)25-15)20-10-17-4-5-19(12-22(17)29-23(20)28)26-8-3-6-24-7-9-26/h4-5,10-14,23-24,28H,3,6-9H2,1-2H3. The van der Waals surface area contributed by atoms with Crippen LogP contribution in [0.1, 0.15) is 28.9 Å². The van der Waals surface area contributed by atoms with E-state index < -0.39 is 6.29 Å². The lowest BCUT2D eigenvalue weighted by atomic mass is 10.0. The molecule has 5 rings (SSSR count). The van der Waals surface area contributed by atoms with E-state index in [1.54, 1.807) is 0 Å². The van der Waals surface area contributed by atoms with Gasteiger partial charge in [-0.1, -0.05) is 0 Å². The Balaban J connectivity index is 1.50. The van der Waals surface area contributed by atoms with Crippen molar-refractivity contribution in [1.82, 2.24) is 14.7 Å². The summed E-state index contributed by atoms with van der Waals surface area (Å²) in [6.07, 6.45) is 6.19. The minimum absolute atomic E-state index is 0.730. The summed E-state index contributed by atoms with van der Waals surface area (Å²) in [7, 11) is 0. The molecule has 0 spiro atoms. The Bertz CT molecular complexity index is 1090. The van der Waals surface area contributed by atoms with Gasteiger partial charge in [-0.2, -0.15) is 0 Å². The van der Waals surface area contributed by atoms with Gasteiger partial charge in [0.1, 0.15) is 5.75 Å². The fraction of sp³-hybridized carbons (Fsp3) is 0.348. The van der Waals surface area contributed by atoms with Gasteiger partial charge < -0.3 is 24.5 Å². The van der Waals surface area contributed by atoms with Gasteiger partial charge in [-0.3, -0.25) is 4.98 Å². The van der Waals surface area contributed by atoms with Crippen LogP contribution in [0.2, 0.25) is 0 Å². The average molecular weight is 390 g/mol. The Morgan fingerprint density at radius 2 is 2.03 bits per heavy atom. The molecule has 2 aliphatic heterocycles. The average Bonchev–Trinajstić information content (AvgIpc) is 2.93. The Labute approximate surface area is 170 Å². The van der Waals surface area contributed by atoms with E-state index in [4.69, 9.17) is 4.74 Å². The lowest BCUT2D eigenvalue weighted by Gasteiger charge is -2.27. The summed E-state index contributed by atoms with van der Waals surface area (Å²) in [5, 5.41) is 14.2. The van der Waals surface area contributed by atoms with Gasteiger partial charge in [0, 0.05) is 60.5 Å². The van der Waals surface area contributed by atoms with Gasteiger partial charge in [-0.05, 0) is 51.1 Å². The van der Waals surface area contributed by atoms with Gasteiger partial charge in [0.25, 0.3) is 0 Å². The maximum Gasteiger partial charge on any atom is 0.224 e. The molecule has 0 saturated carbocycles.